The monoisotopic (exact) mass is 553 g/mol. The molecule has 196 valence electrons. The van der Waals surface area contributed by atoms with Crippen molar-refractivity contribution in [3.63, 3.8) is 0 Å². The van der Waals surface area contributed by atoms with Crippen LogP contribution in [0.4, 0.5) is 10.7 Å². The van der Waals surface area contributed by atoms with Gasteiger partial charge in [-0.15, -0.1) is 11.3 Å². The van der Waals surface area contributed by atoms with Gasteiger partial charge in [0.05, 0.1) is 17.1 Å². The summed E-state index contributed by atoms with van der Waals surface area (Å²) in [6.45, 7) is 2.30. The highest BCUT2D eigenvalue weighted by Gasteiger charge is 2.28. The van der Waals surface area contributed by atoms with E-state index in [1.54, 1.807) is 18.2 Å². The number of carbonyl (C=O) groups is 2. The summed E-state index contributed by atoms with van der Waals surface area (Å²) >= 11 is 7.22. The van der Waals surface area contributed by atoms with Gasteiger partial charge in [0, 0.05) is 22.6 Å². The zero-order valence-electron chi connectivity index (χ0n) is 20.5. The lowest BCUT2D eigenvalue weighted by molar-refractivity contribution is -0.384. The highest BCUT2D eigenvalue weighted by Crippen LogP contribution is 2.39. The standard InChI is InChI=1S/C27H24ClN3O6S/c1-2-3-12-36-27(33)24-19-6-4-5-7-23(19)38-26(24)30-25(32)17(15-29)13-18-9-11-22(37-18)16-8-10-20(28)21(14-16)31(34)35/h8-11,13-14H,2-7,12H2,1H3,(H,30,32). The molecular formula is C27H24ClN3O6S. The second-order valence-electron chi connectivity index (χ2n) is 8.65. The average Bonchev–Trinajstić information content (AvgIpc) is 3.51. The maximum absolute atomic E-state index is 13.1. The number of benzene rings is 1. The molecule has 1 amide bonds. The van der Waals surface area contributed by atoms with Gasteiger partial charge in [0.15, 0.2) is 0 Å². The largest absolute Gasteiger partial charge is 0.462 e. The van der Waals surface area contributed by atoms with Crippen LogP contribution >= 0.6 is 22.9 Å². The molecule has 0 bridgehead atoms. The van der Waals surface area contributed by atoms with Crippen LogP contribution in [0.5, 0.6) is 0 Å². The van der Waals surface area contributed by atoms with Gasteiger partial charge in [0.25, 0.3) is 11.6 Å². The molecule has 3 aromatic rings. The van der Waals surface area contributed by atoms with Crippen molar-refractivity contribution in [2.24, 2.45) is 0 Å². The fraction of sp³-hybridized carbons (Fsp3) is 0.296. The molecule has 11 heteroatoms. The van der Waals surface area contributed by atoms with Crippen molar-refractivity contribution in [1.82, 2.24) is 0 Å². The minimum absolute atomic E-state index is 0.00210. The quantitative estimate of drug-likeness (QED) is 0.0755. The minimum atomic E-state index is -0.686. The molecule has 4 rings (SSSR count). The Labute approximate surface area is 227 Å². The zero-order chi connectivity index (χ0) is 27.2. The van der Waals surface area contributed by atoms with E-state index in [0.29, 0.717) is 28.5 Å². The van der Waals surface area contributed by atoms with Crippen molar-refractivity contribution in [3.05, 3.63) is 72.8 Å². The highest BCUT2D eigenvalue weighted by molar-refractivity contribution is 7.17. The number of thiophene rings is 1. The number of nitriles is 1. The van der Waals surface area contributed by atoms with E-state index in [1.165, 1.54) is 29.5 Å². The lowest BCUT2D eigenvalue weighted by atomic mass is 9.95. The molecule has 0 atom stereocenters. The Bertz CT molecular complexity index is 1470. The number of nitro groups is 1. The molecule has 0 aliphatic heterocycles. The van der Waals surface area contributed by atoms with Crippen LogP contribution in [0.1, 0.15) is 59.2 Å². The van der Waals surface area contributed by atoms with Crippen molar-refractivity contribution in [2.45, 2.75) is 45.4 Å². The molecule has 0 fully saturated rings. The number of nitrogens with zero attached hydrogens (tertiary/aromatic N) is 2. The third kappa shape index (κ3) is 5.96. The van der Waals surface area contributed by atoms with Crippen molar-refractivity contribution >= 4 is 51.6 Å². The molecule has 0 saturated heterocycles. The predicted octanol–water partition coefficient (Wildman–Crippen LogP) is 6.95. The van der Waals surface area contributed by atoms with Crippen LogP contribution in [0.25, 0.3) is 17.4 Å². The van der Waals surface area contributed by atoms with Crippen molar-refractivity contribution in [2.75, 3.05) is 11.9 Å². The van der Waals surface area contributed by atoms with Crippen LogP contribution in [0, 0.1) is 21.4 Å². The summed E-state index contributed by atoms with van der Waals surface area (Å²) in [4.78, 5) is 37.6. The molecule has 38 heavy (non-hydrogen) atoms. The van der Waals surface area contributed by atoms with E-state index >= 15 is 0 Å². The molecule has 2 aromatic heterocycles. The fourth-order valence-electron chi connectivity index (χ4n) is 4.10. The Morgan fingerprint density at radius 3 is 2.82 bits per heavy atom. The van der Waals surface area contributed by atoms with Crippen LogP contribution in [0.15, 0.2) is 40.3 Å². The van der Waals surface area contributed by atoms with Crippen molar-refractivity contribution in [1.29, 1.82) is 5.26 Å². The predicted molar refractivity (Wildman–Crippen MR) is 144 cm³/mol. The second-order valence-corrected chi connectivity index (χ2v) is 10.2. The number of halogens is 1. The normalized spacial score (nSPS) is 12.9. The summed E-state index contributed by atoms with van der Waals surface area (Å²) in [5, 5.41) is 24.0. The average molecular weight is 554 g/mol. The van der Waals surface area contributed by atoms with Crippen LogP contribution in [-0.4, -0.2) is 23.4 Å². The number of anilines is 1. The molecule has 1 aliphatic carbocycles. The summed E-state index contributed by atoms with van der Waals surface area (Å²) in [6, 6.07) is 9.24. The van der Waals surface area contributed by atoms with E-state index in [9.17, 15) is 25.0 Å². The highest BCUT2D eigenvalue weighted by atomic mass is 35.5. The van der Waals surface area contributed by atoms with Gasteiger partial charge in [0.2, 0.25) is 0 Å². The number of fused-ring (bicyclic) bond motifs is 1. The topological polar surface area (TPSA) is 135 Å². The molecule has 9 nitrogen and oxygen atoms in total. The molecule has 0 radical (unpaired) electrons. The Morgan fingerprint density at radius 2 is 2.08 bits per heavy atom. The molecular weight excluding hydrogens is 530 g/mol. The smallest absolute Gasteiger partial charge is 0.341 e. The second kappa shape index (κ2) is 12.1. The van der Waals surface area contributed by atoms with E-state index < -0.39 is 16.8 Å². The SMILES string of the molecule is CCCCOC(=O)c1c(NC(=O)C(C#N)=Cc2ccc(-c3ccc(Cl)c([N+](=O)[O-])c3)o2)sc2c1CCCC2. The van der Waals surface area contributed by atoms with Gasteiger partial charge in [-0.3, -0.25) is 14.9 Å². The molecule has 2 heterocycles. The van der Waals surface area contributed by atoms with Crippen molar-refractivity contribution in [3.8, 4) is 17.4 Å². The number of aryl methyl sites for hydroxylation is 1. The van der Waals surface area contributed by atoms with Crippen LogP contribution in [0.2, 0.25) is 5.02 Å². The number of hydrogen-bond donors (Lipinski definition) is 1. The lowest BCUT2D eigenvalue weighted by Gasteiger charge is -2.12. The minimum Gasteiger partial charge on any atom is -0.462 e. The number of furan rings is 1. The maximum atomic E-state index is 13.1. The number of ether oxygens (including phenoxy) is 1. The molecule has 1 aliphatic rings. The number of nitro benzene ring substituents is 1. The van der Waals surface area contributed by atoms with E-state index in [-0.39, 0.29) is 22.0 Å². The van der Waals surface area contributed by atoms with Crippen LogP contribution in [-0.2, 0) is 22.4 Å². The number of carbonyl (C=O) groups excluding carboxylic acids is 2. The summed E-state index contributed by atoms with van der Waals surface area (Å²) < 4.78 is 11.2. The first kappa shape index (κ1) is 27.1. The van der Waals surface area contributed by atoms with E-state index in [1.807, 2.05) is 13.0 Å². The molecule has 1 aromatic carbocycles. The molecule has 1 N–H and O–H groups in total. The maximum Gasteiger partial charge on any atom is 0.341 e. The lowest BCUT2D eigenvalue weighted by Crippen LogP contribution is -2.17. The third-order valence-electron chi connectivity index (χ3n) is 6.04. The Kier molecular flexibility index (Phi) is 8.61. The van der Waals surface area contributed by atoms with E-state index in [2.05, 4.69) is 5.32 Å². The Morgan fingerprint density at radius 1 is 1.29 bits per heavy atom. The van der Waals surface area contributed by atoms with Gasteiger partial charge < -0.3 is 14.5 Å². The first-order chi connectivity index (χ1) is 18.3. The Balaban J connectivity index is 1.57. The zero-order valence-corrected chi connectivity index (χ0v) is 22.1. The van der Waals surface area contributed by atoms with Crippen LogP contribution < -0.4 is 5.32 Å². The fourth-order valence-corrected chi connectivity index (χ4v) is 5.56. The Hall–Kier alpha value is -3.94. The van der Waals surface area contributed by atoms with E-state index in [4.69, 9.17) is 20.8 Å². The molecule has 0 spiro atoms. The van der Waals surface area contributed by atoms with Gasteiger partial charge in [-0.25, -0.2) is 4.79 Å². The van der Waals surface area contributed by atoms with Crippen molar-refractivity contribution < 1.29 is 23.7 Å². The first-order valence-corrected chi connectivity index (χ1v) is 13.3. The van der Waals surface area contributed by atoms with Crippen LogP contribution in [0.3, 0.4) is 0 Å². The summed E-state index contributed by atoms with van der Waals surface area (Å²) in [7, 11) is 0. The van der Waals surface area contributed by atoms with Gasteiger partial charge in [-0.1, -0.05) is 24.9 Å². The van der Waals surface area contributed by atoms with Gasteiger partial charge in [0.1, 0.15) is 33.2 Å². The number of hydrogen-bond acceptors (Lipinski definition) is 8. The number of amides is 1. The summed E-state index contributed by atoms with van der Waals surface area (Å²) in [6.07, 6.45) is 6.42. The van der Waals surface area contributed by atoms with E-state index in [0.717, 1.165) is 49.0 Å². The third-order valence-corrected chi connectivity index (χ3v) is 7.57. The van der Waals surface area contributed by atoms with Gasteiger partial charge >= 0.3 is 5.97 Å². The number of nitrogens with one attached hydrogen (secondary N) is 1. The number of rotatable bonds is 9. The van der Waals surface area contributed by atoms with Gasteiger partial charge in [-0.05, 0) is 61.9 Å². The van der Waals surface area contributed by atoms with Gasteiger partial charge in [-0.2, -0.15) is 5.26 Å². The number of esters is 1. The number of unbranched alkanes of at least 4 members (excludes halogenated alkanes) is 1. The molecule has 0 unspecified atom stereocenters. The summed E-state index contributed by atoms with van der Waals surface area (Å²) in [5.41, 5.74) is 1.20. The first-order valence-electron chi connectivity index (χ1n) is 12.1. The summed E-state index contributed by atoms with van der Waals surface area (Å²) in [5.74, 6) is -0.650. The molecule has 0 saturated carbocycles.